The number of furan rings is 1. The van der Waals surface area contributed by atoms with Crippen LogP contribution in [0.5, 0.6) is 5.75 Å². The van der Waals surface area contributed by atoms with E-state index in [0.717, 1.165) is 54.1 Å². The molecule has 0 radical (unpaired) electrons. The zero-order valence-electron chi connectivity index (χ0n) is 16.0. The molecule has 0 aliphatic carbocycles. The fourth-order valence-electron chi connectivity index (χ4n) is 4.12. The van der Waals surface area contributed by atoms with E-state index < -0.39 is 0 Å². The molecule has 3 aromatic carbocycles. The van der Waals surface area contributed by atoms with Crippen LogP contribution < -0.4 is 4.74 Å². The largest absolute Gasteiger partial charge is 0.493 e. The average molecular weight is 369 g/mol. The fraction of sp³-hybridized carbons (Fsp3) is 0.200. The number of rotatable bonds is 4. The van der Waals surface area contributed by atoms with Crippen molar-refractivity contribution in [2.75, 3.05) is 13.7 Å². The summed E-state index contributed by atoms with van der Waals surface area (Å²) in [6.45, 7) is 2.99. The molecule has 5 rings (SSSR count). The lowest BCUT2D eigenvalue weighted by molar-refractivity contribution is 0.245. The molecule has 4 aromatic rings. The highest BCUT2D eigenvalue weighted by molar-refractivity contribution is 5.88. The van der Waals surface area contributed by atoms with Crippen LogP contribution in [0, 0.1) is 0 Å². The predicted molar refractivity (Wildman–Crippen MR) is 112 cm³/mol. The third kappa shape index (κ3) is 3.19. The van der Waals surface area contributed by atoms with Crippen LogP contribution in [0.2, 0.25) is 0 Å². The first-order chi connectivity index (χ1) is 13.8. The maximum atomic E-state index is 6.13. The van der Waals surface area contributed by atoms with Crippen molar-refractivity contribution in [3.63, 3.8) is 0 Å². The zero-order valence-corrected chi connectivity index (χ0v) is 16.0. The van der Waals surface area contributed by atoms with Gasteiger partial charge in [0, 0.05) is 30.6 Å². The van der Waals surface area contributed by atoms with Crippen molar-refractivity contribution < 1.29 is 9.15 Å². The molecule has 2 heterocycles. The van der Waals surface area contributed by atoms with Crippen molar-refractivity contribution in [1.82, 2.24) is 4.90 Å². The van der Waals surface area contributed by atoms with Gasteiger partial charge in [-0.1, -0.05) is 54.6 Å². The van der Waals surface area contributed by atoms with Crippen molar-refractivity contribution in [1.29, 1.82) is 0 Å². The molecule has 1 aliphatic heterocycles. The van der Waals surface area contributed by atoms with E-state index in [1.54, 1.807) is 7.11 Å². The van der Waals surface area contributed by atoms with Crippen molar-refractivity contribution in [3.8, 4) is 17.1 Å². The van der Waals surface area contributed by atoms with Gasteiger partial charge in [0.15, 0.2) is 11.3 Å². The number of benzene rings is 3. The minimum atomic E-state index is 0.798. The topological polar surface area (TPSA) is 25.6 Å². The third-order valence-electron chi connectivity index (χ3n) is 5.54. The predicted octanol–water partition coefficient (Wildman–Crippen LogP) is 5.67. The molecule has 140 valence electrons. The molecule has 0 amide bonds. The number of fused-ring (bicyclic) bond motifs is 2. The molecule has 0 atom stereocenters. The van der Waals surface area contributed by atoms with Gasteiger partial charge in [0.25, 0.3) is 0 Å². The lowest BCUT2D eigenvalue weighted by Gasteiger charge is -2.28. The maximum absolute atomic E-state index is 6.13. The third-order valence-corrected chi connectivity index (χ3v) is 5.54. The smallest absolute Gasteiger partial charge is 0.176 e. The van der Waals surface area contributed by atoms with Crippen LogP contribution >= 0.6 is 0 Å². The van der Waals surface area contributed by atoms with E-state index in [4.69, 9.17) is 9.15 Å². The van der Waals surface area contributed by atoms with E-state index in [2.05, 4.69) is 59.5 Å². The van der Waals surface area contributed by atoms with Gasteiger partial charge in [-0.15, -0.1) is 0 Å². The van der Waals surface area contributed by atoms with E-state index in [9.17, 15) is 0 Å². The monoisotopic (exact) mass is 369 g/mol. The zero-order chi connectivity index (χ0) is 18.9. The second-order valence-corrected chi connectivity index (χ2v) is 7.42. The summed E-state index contributed by atoms with van der Waals surface area (Å²) in [6.07, 6.45) is 1.11. The first kappa shape index (κ1) is 17.1. The quantitative estimate of drug-likeness (QED) is 0.464. The molecule has 0 bridgehead atoms. The Labute approximate surface area is 165 Å². The number of ether oxygens (including phenoxy) is 1. The Morgan fingerprint density at radius 3 is 2.54 bits per heavy atom. The van der Waals surface area contributed by atoms with Gasteiger partial charge in [0.05, 0.1) is 7.11 Å². The van der Waals surface area contributed by atoms with Crippen LogP contribution in [0.4, 0.5) is 0 Å². The van der Waals surface area contributed by atoms with Crippen molar-refractivity contribution in [3.05, 3.63) is 89.5 Å². The van der Waals surface area contributed by atoms with Gasteiger partial charge in [0.2, 0.25) is 0 Å². The van der Waals surface area contributed by atoms with Crippen LogP contribution in [-0.2, 0) is 19.5 Å². The summed E-state index contributed by atoms with van der Waals surface area (Å²) in [4.78, 5) is 2.50. The molecule has 3 nitrogen and oxygen atoms in total. The van der Waals surface area contributed by atoms with E-state index in [-0.39, 0.29) is 0 Å². The molecular formula is C25H23NO2. The highest BCUT2D eigenvalue weighted by Crippen LogP contribution is 2.35. The maximum Gasteiger partial charge on any atom is 0.176 e. The summed E-state index contributed by atoms with van der Waals surface area (Å²) < 4.78 is 11.8. The second kappa shape index (κ2) is 7.17. The molecule has 0 saturated carbocycles. The number of nitrogens with zero attached hydrogens (tertiary/aromatic N) is 1. The van der Waals surface area contributed by atoms with Crippen LogP contribution in [0.1, 0.15) is 16.7 Å². The van der Waals surface area contributed by atoms with E-state index >= 15 is 0 Å². The molecule has 0 N–H and O–H groups in total. The van der Waals surface area contributed by atoms with Crippen molar-refractivity contribution in [2.45, 2.75) is 19.5 Å². The van der Waals surface area contributed by atoms with Crippen molar-refractivity contribution in [2.24, 2.45) is 0 Å². The molecular weight excluding hydrogens is 346 g/mol. The molecule has 0 saturated heterocycles. The lowest BCUT2D eigenvalue weighted by atomic mass is 9.99. The number of methoxy groups -OCH3 is 1. The Morgan fingerprint density at radius 2 is 1.71 bits per heavy atom. The van der Waals surface area contributed by atoms with Crippen LogP contribution in [0.25, 0.3) is 22.3 Å². The van der Waals surface area contributed by atoms with Gasteiger partial charge in [0.1, 0.15) is 5.76 Å². The summed E-state index contributed by atoms with van der Waals surface area (Å²) >= 11 is 0. The molecule has 28 heavy (non-hydrogen) atoms. The highest BCUT2D eigenvalue weighted by Gasteiger charge is 2.18. The highest BCUT2D eigenvalue weighted by atomic mass is 16.5. The summed E-state index contributed by atoms with van der Waals surface area (Å²) in [6, 6.07) is 25.4. The van der Waals surface area contributed by atoms with Gasteiger partial charge in [-0.3, -0.25) is 4.90 Å². The molecule has 0 fully saturated rings. The second-order valence-electron chi connectivity index (χ2n) is 7.42. The molecule has 1 aliphatic rings. The minimum absolute atomic E-state index is 0.798. The first-order valence-corrected chi connectivity index (χ1v) is 9.75. The summed E-state index contributed by atoms with van der Waals surface area (Å²) in [5.41, 5.74) is 6.07. The normalized spacial score (nSPS) is 14.2. The Balaban J connectivity index is 1.45. The standard InChI is InChI=1S/C25H23NO2/c1-27-24-14-18(16-26-12-11-19-7-5-6-10-21(19)17-26)13-22-15-23(28-25(22)24)20-8-3-2-4-9-20/h2-10,13-15H,11-12,16-17H2,1H3. The van der Waals surface area contributed by atoms with E-state index in [1.807, 2.05) is 18.2 Å². The fourth-order valence-corrected chi connectivity index (χ4v) is 4.12. The number of hydrogen-bond donors (Lipinski definition) is 0. The van der Waals surface area contributed by atoms with Crippen molar-refractivity contribution >= 4 is 11.0 Å². The summed E-state index contributed by atoms with van der Waals surface area (Å²) in [5, 5.41) is 1.09. The average Bonchev–Trinajstić information content (AvgIpc) is 3.18. The molecule has 0 unspecified atom stereocenters. The molecule has 3 heteroatoms. The van der Waals surface area contributed by atoms with Gasteiger partial charge in [-0.25, -0.2) is 0 Å². The Hall–Kier alpha value is -3.04. The van der Waals surface area contributed by atoms with Gasteiger partial charge in [-0.2, -0.15) is 0 Å². The molecule has 0 spiro atoms. The van der Waals surface area contributed by atoms with E-state index in [1.165, 1.54) is 16.7 Å². The van der Waals surface area contributed by atoms with Gasteiger partial charge in [-0.05, 0) is 41.3 Å². The summed E-state index contributed by atoms with van der Waals surface area (Å²) in [7, 11) is 1.71. The van der Waals surface area contributed by atoms with Crippen LogP contribution in [-0.4, -0.2) is 18.6 Å². The van der Waals surface area contributed by atoms with Gasteiger partial charge >= 0.3 is 0 Å². The molecule has 1 aromatic heterocycles. The van der Waals surface area contributed by atoms with E-state index in [0.29, 0.717) is 0 Å². The van der Waals surface area contributed by atoms with Crippen LogP contribution in [0.3, 0.4) is 0 Å². The van der Waals surface area contributed by atoms with Gasteiger partial charge < -0.3 is 9.15 Å². The van der Waals surface area contributed by atoms with Crippen LogP contribution in [0.15, 0.2) is 77.2 Å². The Kier molecular flexibility index (Phi) is 4.38. The Morgan fingerprint density at radius 1 is 0.929 bits per heavy atom. The SMILES string of the molecule is COc1cc(CN2CCc3ccccc3C2)cc2cc(-c3ccccc3)oc12. The Bertz CT molecular complexity index is 1110. The first-order valence-electron chi connectivity index (χ1n) is 9.75. The summed E-state index contributed by atoms with van der Waals surface area (Å²) in [5.74, 6) is 1.67. The number of hydrogen-bond acceptors (Lipinski definition) is 3. The lowest BCUT2D eigenvalue weighted by Crippen LogP contribution is -2.29. The minimum Gasteiger partial charge on any atom is -0.493 e.